The molecule has 0 fully saturated rings. The molecule has 26 heavy (non-hydrogen) atoms. The number of para-hydroxylation sites is 1. The molecule has 0 saturated carbocycles. The van der Waals surface area contributed by atoms with Gasteiger partial charge >= 0.3 is 6.09 Å². The first-order valence-corrected chi connectivity index (χ1v) is 8.92. The summed E-state index contributed by atoms with van der Waals surface area (Å²) in [6, 6.07) is 14.2. The van der Waals surface area contributed by atoms with Crippen molar-refractivity contribution in [3.63, 3.8) is 0 Å². The van der Waals surface area contributed by atoms with Crippen molar-refractivity contribution >= 4 is 24.1 Å². The molecule has 0 bridgehead atoms. The van der Waals surface area contributed by atoms with E-state index in [0.717, 1.165) is 24.1 Å². The van der Waals surface area contributed by atoms with Crippen molar-refractivity contribution in [2.45, 2.75) is 25.9 Å². The second kappa shape index (κ2) is 7.29. The summed E-state index contributed by atoms with van der Waals surface area (Å²) < 4.78 is 15.1. The molecular weight excluding hydrogens is 352 g/mol. The van der Waals surface area contributed by atoms with E-state index in [1.165, 1.54) is 11.4 Å². The SMILES string of the molecule is CN(SNC(=O)c1ccccc1)C(=O)Oc1cccc2c1OC(C)(C)C2. The van der Waals surface area contributed by atoms with Crippen molar-refractivity contribution in [1.82, 2.24) is 9.03 Å². The lowest BCUT2D eigenvalue weighted by Gasteiger charge is -2.19. The molecule has 0 spiro atoms. The van der Waals surface area contributed by atoms with E-state index in [9.17, 15) is 9.59 Å². The van der Waals surface area contributed by atoms with Crippen molar-refractivity contribution in [2.24, 2.45) is 0 Å². The van der Waals surface area contributed by atoms with Crippen LogP contribution in [-0.2, 0) is 6.42 Å². The molecule has 1 aliphatic rings. The molecule has 0 aromatic heterocycles. The standard InChI is InChI=1S/C19H20N2O4S/c1-19(2)12-14-10-7-11-15(16(14)25-19)24-18(23)21(3)26-20-17(22)13-8-5-4-6-9-13/h4-11H,12H2,1-3H3,(H,20,22). The Hall–Kier alpha value is -2.67. The first-order chi connectivity index (χ1) is 12.4. The van der Waals surface area contributed by atoms with Gasteiger partial charge in [-0.15, -0.1) is 0 Å². The summed E-state index contributed by atoms with van der Waals surface area (Å²) in [4.78, 5) is 24.3. The Kier molecular flexibility index (Phi) is 5.08. The number of fused-ring (bicyclic) bond motifs is 1. The fraction of sp³-hybridized carbons (Fsp3) is 0.263. The van der Waals surface area contributed by atoms with Gasteiger partial charge < -0.3 is 9.47 Å². The molecule has 0 atom stereocenters. The Morgan fingerprint density at radius 2 is 1.88 bits per heavy atom. The number of hydrogen-bond acceptors (Lipinski definition) is 5. The van der Waals surface area contributed by atoms with Gasteiger partial charge in [-0.1, -0.05) is 30.3 Å². The highest BCUT2D eigenvalue weighted by molar-refractivity contribution is 7.96. The van der Waals surface area contributed by atoms with Crippen LogP contribution in [0.3, 0.4) is 0 Å². The molecule has 6 nitrogen and oxygen atoms in total. The van der Waals surface area contributed by atoms with Crippen LogP contribution in [-0.4, -0.2) is 29.0 Å². The van der Waals surface area contributed by atoms with Crippen LogP contribution < -0.4 is 14.2 Å². The van der Waals surface area contributed by atoms with Crippen LogP contribution in [0.2, 0.25) is 0 Å². The van der Waals surface area contributed by atoms with Crippen molar-refractivity contribution in [3.8, 4) is 11.5 Å². The molecule has 2 aromatic carbocycles. The van der Waals surface area contributed by atoms with E-state index in [2.05, 4.69) is 4.72 Å². The molecule has 1 heterocycles. The summed E-state index contributed by atoms with van der Waals surface area (Å²) in [5, 5.41) is 0. The molecule has 1 aliphatic heterocycles. The van der Waals surface area contributed by atoms with Crippen LogP contribution in [0.1, 0.15) is 29.8 Å². The van der Waals surface area contributed by atoms with E-state index in [1.54, 1.807) is 30.3 Å². The van der Waals surface area contributed by atoms with E-state index < -0.39 is 6.09 Å². The van der Waals surface area contributed by atoms with Gasteiger partial charge in [-0.25, -0.2) is 9.10 Å². The summed E-state index contributed by atoms with van der Waals surface area (Å²) >= 11 is 0.858. The van der Waals surface area contributed by atoms with Gasteiger partial charge in [0.05, 0.1) is 12.1 Å². The van der Waals surface area contributed by atoms with Crippen LogP contribution in [0.4, 0.5) is 4.79 Å². The number of carbonyl (C=O) groups is 2. The Balaban J connectivity index is 1.59. The van der Waals surface area contributed by atoms with Gasteiger partial charge in [-0.2, -0.15) is 0 Å². The van der Waals surface area contributed by atoms with Crippen LogP contribution in [0.15, 0.2) is 48.5 Å². The first-order valence-electron chi connectivity index (χ1n) is 8.14. The van der Waals surface area contributed by atoms with E-state index in [0.29, 0.717) is 17.1 Å². The molecule has 0 saturated heterocycles. The molecule has 1 N–H and O–H groups in total. The summed E-state index contributed by atoms with van der Waals surface area (Å²) in [6.45, 7) is 3.97. The van der Waals surface area contributed by atoms with E-state index in [-0.39, 0.29) is 11.5 Å². The summed E-state index contributed by atoms with van der Waals surface area (Å²) in [7, 11) is 1.52. The van der Waals surface area contributed by atoms with Gasteiger partial charge in [0.2, 0.25) is 0 Å². The predicted molar refractivity (Wildman–Crippen MR) is 100 cm³/mol. The molecule has 136 valence electrons. The smallest absolute Gasteiger partial charge is 0.426 e. The van der Waals surface area contributed by atoms with Crippen LogP contribution in [0.5, 0.6) is 11.5 Å². The molecule has 7 heteroatoms. The van der Waals surface area contributed by atoms with Crippen molar-refractivity contribution in [2.75, 3.05) is 7.05 Å². The number of rotatable bonds is 4. The highest BCUT2D eigenvalue weighted by atomic mass is 32.2. The number of nitrogens with one attached hydrogen (secondary N) is 1. The van der Waals surface area contributed by atoms with Crippen LogP contribution in [0, 0.1) is 0 Å². The average molecular weight is 372 g/mol. The maximum atomic E-state index is 12.3. The zero-order valence-electron chi connectivity index (χ0n) is 14.8. The van der Waals surface area contributed by atoms with Gasteiger partial charge in [0.1, 0.15) is 5.60 Å². The summed E-state index contributed by atoms with van der Waals surface area (Å²) in [5.41, 5.74) is 1.20. The molecule has 2 aromatic rings. The van der Waals surface area contributed by atoms with Gasteiger partial charge in [-0.05, 0) is 32.0 Å². The van der Waals surface area contributed by atoms with E-state index in [4.69, 9.17) is 9.47 Å². The highest BCUT2D eigenvalue weighted by Gasteiger charge is 2.33. The van der Waals surface area contributed by atoms with E-state index in [1.807, 2.05) is 32.0 Å². The Bertz CT molecular complexity index is 824. The number of hydrogen-bond donors (Lipinski definition) is 1. The Morgan fingerprint density at radius 3 is 2.62 bits per heavy atom. The molecule has 0 unspecified atom stereocenters. The third-order valence-electron chi connectivity index (χ3n) is 3.82. The Labute approximate surface area is 156 Å². The largest absolute Gasteiger partial charge is 0.483 e. The lowest BCUT2D eigenvalue weighted by atomic mass is 10.0. The van der Waals surface area contributed by atoms with Crippen molar-refractivity contribution in [1.29, 1.82) is 0 Å². The monoisotopic (exact) mass is 372 g/mol. The zero-order valence-corrected chi connectivity index (χ0v) is 15.6. The quantitative estimate of drug-likeness (QED) is 0.827. The minimum absolute atomic E-state index is 0.291. The van der Waals surface area contributed by atoms with Crippen LogP contribution in [0.25, 0.3) is 0 Å². The minimum atomic E-state index is -0.606. The van der Waals surface area contributed by atoms with Gasteiger partial charge in [0.25, 0.3) is 5.91 Å². The molecule has 0 aliphatic carbocycles. The fourth-order valence-corrected chi connectivity index (χ4v) is 3.07. The lowest BCUT2D eigenvalue weighted by Crippen LogP contribution is -2.29. The summed E-state index contributed by atoms with van der Waals surface area (Å²) in [5.74, 6) is 0.679. The van der Waals surface area contributed by atoms with Crippen molar-refractivity contribution < 1.29 is 19.1 Å². The minimum Gasteiger partial charge on any atom is -0.483 e. The number of ether oxygens (including phenoxy) is 2. The topological polar surface area (TPSA) is 67.9 Å². The third kappa shape index (κ3) is 4.11. The van der Waals surface area contributed by atoms with Gasteiger partial charge in [0.15, 0.2) is 11.5 Å². The second-order valence-corrected chi connectivity index (χ2v) is 7.47. The second-order valence-electron chi connectivity index (χ2n) is 6.54. The molecular formula is C19H20N2O4S. The van der Waals surface area contributed by atoms with E-state index >= 15 is 0 Å². The normalized spacial score (nSPS) is 14.1. The molecule has 2 amide bonds. The van der Waals surface area contributed by atoms with Gasteiger partial charge in [-0.3, -0.25) is 9.52 Å². The number of benzene rings is 2. The van der Waals surface area contributed by atoms with Crippen molar-refractivity contribution in [3.05, 3.63) is 59.7 Å². The molecule has 0 radical (unpaired) electrons. The predicted octanol–water partition coefficient (Wildman–Crippen LogP) is 3.82. The zero-order chi connectivity index (χ0) is 18.7. The number of carbonyl (C=O) groups excluding carboxylic acids is 2. The lowest BCUT2D eigenvalue weighted by molar-refractivity contribution is 0.0983. The maximum Gasteiger partial charge on any atom is 0.426 e. The van der Waals surface area contributed by atoms with Crippen LogP contribution >= 0.6 is 12.1 Å². The fourth-order valence-electron chi connectivity index (χ4n) is 2.62. The third-order valence-corrected chi connectivity index (χ3v) is 4.52. The maximum absolute atomic E-state index is 12.3. The van der Waals surface area contributed by atoms with Gasteiger partial charge in [0, 0.05) is 24.6 Å². The highest BCUT2D eigenvalue weighted by Crippen LogP contribution is 2.41. The number of nitrogens with zero attached hydrogens (tertiary/aromatic N) is 1. The first kappa shape index (κ1) is 18.1. The Morgan fingerprint density at radius 1 is 1.15 bits per heavy atom. The molecule has 3 rings (SSSR count). The summed E-state index contributed by atoms with van der Waals surface area (Å²) in [6.07, 6.45) is 0.149. The number of amides is 2. The average Bonchev–Trinajstić information content (AvgIpc) is 2.95.